The molecule has 1 heterocycles. The SMILES string of the molecule is CC(C)(C)c1cc(Cl)ccc1OCCn1cnc2ccccc2c1=O. The molecule has 3 aromatic rings. The molecule has 0 unspecified atom stereocenters. The third kappa shape index (κ3) is 3.85. The summed E-state index contributed by atoms with van der Waals surface area (Å²) >= 11 is 6.12. The van der Waals surface area contributed by atoms with Crippen molar-refractivity contribution in [3.05, 3.63) is 69.7 Å². The lowest BCUT2D eigenvalue weighted by Crippen LogP contribution is -2.24. The third-order valence-corrected chi connectivity index (χ3v) is 4.31. The van der Waals surface area contributed by atoms with E-state index in [-0.39, 0.29) is 11.0 Å². The van der Waals surface area contributed by atoms with Gasteiger partial charge in [0.1, 0.15) is 12.4 Å². The second kappa shape index (κ2) is 6.89. The Labute approximate surface area is 152 Å². The number of rotatable bonds is 4. The van der Waals surface area contributed by atoms with Crippen molar-refractivity contribution in [2.45, 2.75) is 32.7 Å². The maximum atomic E-state index is 12.5. The van der Waals surface area contributed by atoms with Crippen LogP contribution in [0.15, 0.2) is 53.6 Å². The molecule has 5 heteroatoms. The van der Waals surface area contributed by atoms with Crippen LogP contribution >= 0.6 is 11.6 Å². The Balaban J connectivity index is 1.78. The van der Waals surface area contributed by atoms with E-state index in [1.54, 1.807) is 17.0 Å². The summed E-state index contributed by atoms with van der Waals surface area (Å²) in [7, 11) is 0. The van der Waals surface area contributed by atoms with Crippen LogP contribution < -0.4 is 10.3 Å². The van der Waals surface area contributed by atoms with Crippen LogP contribution in [0.3, 0.4) is 0 Å². The van der Waals surface area contributed by atoms with Gasteiger partial charge >= 0.3 is 0 Å². The van der Waals surface area contributed by atoms with Crippen molar-refractivity contribution in [3.63, 3.8) is 0 Å². The minimum absolute atomic E-state index is 0.0543. The molecule has 130 valence electrons. The van der Waals surface area contributed by atoms with Crippen molar-refractivity contribution in [1.29, 1.82) is 0 Å². The molecule has 0 saturated carbocycles. The fraction of sp³-hybridized carbons (Fsp3) is 0.300. The molecular weight excluding hydrogens is 336 g/mol. The highest BCUT2D eigenvalue weighted by Crippen LogP contribution is 2.33. The summed E-state index contributed by atoms with van der Waals surface area (Å²) in [4.78, 5) is 16.8. The molecule has 0 spiro atoms. The van der Waals surface area contributed by atoms with Crippen molar-refractivity contribution in [3.8, 4) is 5.75 Å². The first-order valence-electron chi connectivity index (χ1n) is 8.23. The normalized spacial score (nSPS) is 11.7. The van der Waals surface area contributed by atoms with Gasteiger partial charge in [-0.2, -0.15) is 0 Å². The van der Waals surface area contributed by atoms with Gasteiger partial charge in [0.15, 0.2) is 0 Å². The molecule has 0 aliphatic rings. The van der Waals surface area contributed by atoms with Gasteiger partial charge in [0.05, 0.1) is 23.8 Å². The van der Waals surface area contributed by atoms with Crippen LogP contribution in [-0.4, -0.2) is 16.2 Å². The lowest BCUT2D eigenvalue weighted by molar-refractivity contribution is 0.289. The van der Waals surface area contributed by atoms with Gasteiger partial charge in [0, 0.05) is 10.6 Å². The van der Waals surface area contributed by atoms with Gasteiger partial charge in [-0.3, -0.25) is 9.36 Å². The van der Waals surface area contributed by atoms with Crippen LogP contribution in [0.4, 0.5) is 0 Å². The van der Waals surface area contributed by atoms with E-state index < -0.39 is 0 Å². The van der Waals surface area contributed by atoms with Crippen molar-refractivity contribution in [1.82, 2.24) is 9.55 Å². The number of nitrogens with zero attached hydrogens (tertiary/aromatic N) is 2. The second-order valence-electron chi connectivity index (χ2n) is 7.00. The lowest BCUT2D eigenvalue weighted by Gasteiger charge is -2.23. The molecule has 3 rings (SSSR count). The first-order chi connectivity index (χ1) is 11.9. The van der Waals surface area contributed by atoms with Gasteiger partial charge < -0.3 is 4.74 Å². The van der Waals surface area contributed by atoms with Crippen LogP contribution in [0.2, 0.25) is 5.02 Å². The molecule has 0 fully saturated rings. The molecule has 4 nitrogen and oxygen atoms in total. The third-order valence-electron chi connectivity index (χ3n) is 4.07. The van der Waals surface area contributed by atoms with Crippen molar-refractivity contribution >= 4 is 22.5 Å². The maximum absolute atomic E-state index is 12.5. The van der Waals surface area contributed by atoms with Gasteiger partial charge in [-0.15, -0.1) is 0 Å². The van der Waals surface area contributed by atoms with E-state index in [0.717, 1.165) is 11.3 Å². The zero-order valence-electron chi connectivity index (χ0n) is 14.6. The standard InChI is InChI=1S/C20H21ClN2O2/c1-20(2,3)16-12-14(21)8-9-18(16)25-11-10-23-13-22-17-7-5-4-6-15(17)19(23)24/h4-9,12-13H,10-11H2,1-3H3. The molecule has 2 aromatic carbocycles. The fourth-order valence-electron chi connectivity index (χ4n) is 2.73. The van der Waals surface area contributed by atoms with E-state index in [1.807, 2.05) is 36.4 Å². The highest BCUT2D eigenvalue weighted by molar-refractivity contribution is 6.30. The van der Waals surface area contributed by atoms with E-state index in [0.29, 0.717) is 29.1 Å². The van der Waals surface area contributed by atoms with E-state index in [1.165, 1.54) is 0 Å². The van der Waals surface area contributed by atoms with Gasteiger partial charge in [-0.05, 0) is 35.7 Å². The number of para-hydroxylation sites is 1. The van der Waals surface area contributed by atoms with Gasteiger partial charge in [0.2, 0.25) is 0 Å². The quantitative estimate of drug-likeness (QED) is 0.694. The first-order valence-corrected chi connectivity index (χ1v) is 8.61. The number of hydrogen-bond acceptors (Lipinski definition) is 3. The first kappa shape index (κ1) is 17.5. The molecule has 25 heavy (non-hydrogen) atoms. The Hall–Kier alpha value is -2.33. The molecule has 0 aliphatic heterocycles. The molecule has 0 bridgehead atoms. The van der Waals surface area contributed by atoms with Crippen LogP contribution in [-0.2, 0) is 12.0 Å². The highest BCUT2D eigenvalue weighted by atomic mass is 35.5. The molecule has 1 aromatic heterocycles. The summed E-state index contributed by atoms with van der Waals surface area (Å²) in [5, 5.41) is 1.30. The number of hydrogen-bond donors (Lipinski definition) is 0. The number of benzene rings is 2. The Kier molecular flexibility index (Phi) is 4.82. The van der Waals surface area contributed by atoms with Crippen molar-refractivity contribution in [2.24, 2.45) is 0 Å². The Morgan fingerprint density at radius 1 is 1.16 bits per heavy atom. The van der Waals surface area contributed by atoms with Crippen LogP contribution in [0.1, 0.15) is 26.3 Å². The molecule has 0 aliphatic carbocycles. The summed E-state index contributed by atoms with van der Waals surface area (Å²) < 4.78 is 7.52. The summed E-state index contributed by atoms with van der Waals surface area (Å²) in [6, 6.07) is 13.0. The van der Waals surface area contributed by atoms with Crippen molar-refractivity contribution < 1.29 is 4.74 Å². The van der Waals surface area contributed by atoms with Gasteiger partial charge in [0.25, 0.3) is 5.56 Å². The van der Waals surface area contributed by atoms with Crippen LogP contribution in [0.5, 0.6) is 5.75 Å². The monoisotopic (exact) mass is 356 g/mol. The minimum atomic E-state index is -0.0818. The largest absolute Gasteiger partial charge is 0.491 e. The molecule has 0 radical (unpaired) electrons. The summed E-state index contributed by atoms with van der Waals surface area (Å²) in [5.41, 5.74) is 1.62. The lowest BCUT2D eigenvalue weighted by atomic mass is 9.86. The smallest absolute Gasteiger partial charge is 0.261 e. The predicted octanol–water partition coefficient (Wildman–Crippen LogP) is 4.43. The summed E-state index contributed by atoms with van der Waals surface area (Å²) in [6.07, 6.45) is 1.57. The summed E-state index contributed by atoms with van der Waals surface area (Å²) in [5.74, 6) is 0.790. The molecule has 0 atom stereocenters. The van der Waals surface area contributed by atoms with Gasteiger partial charge in [-0.1, -0.05) is 44.5 Å². The van der Waals surface area contributed by atoms with E-state index in [2.05, 4.69) is 25.8 Å². The van der Waals surface area contributed by atoms with Crippen molar-refractivity contribution in [2.75, 3.05) is 6.61 Å². The summed E-state index contributed by atoms with van der Waals surface area (Å²) in [6.45, 7) is 7.16. The second-order valence-corrected chi connectivity index (χ2v) is 7.44. The average molecular weight is 357 g/mol. The number of fused-ring (bicyclic) bond motifs is 1. The molecular formula is C20H21ClN2O2. The molecule has 0 amide bonds. The van der Waals surface area contributed by atoms with E-state index in [9.17, 15) is 4.79 Å². The van der Waals surface area contributed by atoms with Gasteiger partial charge in [-0.25, -0.2) is 4.98 Å². The predicted molar refractivity (Wildman–Crippen MR) is 102 cm³/mol. The maximum Gasteiger partial charge on any atom is 0.261 e. The molecule has 0 saturated heterocycles. The minimum Gasteiger partial charge on any atom is -0.491 e. The zero-order chi connectivity index (χ0) is 18.0. The topological polar surface area (TPSA) is 44.1 Å². The average Bonchev–Trinajstić information content (AvgIpc) is 2.57. The Morgan fingerprint density at radius 3 is 2.68 bits per heavy atom. The van der Waals surface area contributed by atoms with Crippen LogP contribution in [0.25, 0.3) is 10.9 Å². The highest BCUT2D eigenvalue weighted by Gasteiger charge is 2.19. The zero-order valence-corrected chi connectivity index (χ0v) is 15.4. The van der Waals surface area contributed by atoms with E-state index >= 15 is 0 Å². The van der Waals surface area contributed by atoms with E-state index in [4.69, 9.17) is 16.3 Å². The number of aromatic nitrogens is 2. The Morgan fingerprint density at radius 2 is 1.92 bits per heavy atom. The Bertz CT molecular complexity index is 958. The fourth-order valence-corrected chi connectivity index (χ4v) is 2.91. The van der Waals surface area contributed by atoms with Crippen LogP contribution in [0, 0.1) is 0 Å². The number of halogens is 1. The molecule has 0 N–H and O–H groups in total. The number of ether oxygens (including phenoxy) is 1.